The largest absolute Gasteiger partial charge is 0.374 e. The van der Waals surface area contributed by atoms with E-state index in [0.29, 0.717) is 19.7 Å². The van der Waals surface area contributed by atoms with Gasteiger partial charge < -0.3 is 10.5 Å². The van der Waals surface area contributed by atoms with Gasteiger partial charge in [-0.05, 0) is 30.9 Å². The number of benzene rings is 1. The summed E-state index contributed by atoms with van der Waals surface area (Å²) in [4.78, 5) is 0. The fourth-order valence-electron chi connectivity index (χ4n) is 2.28. The molecule has 1 aromatic carbocycles. The Hall–Kier alpha value is -0.950. The molecular weight excluding hydrogens is 276 g/mol. The smallest absolute Gasteiger partial charge is 0.215 e. The van der Waals surface area contributed by atoms with Gasteiger partial charge in [-0.15, -0.1) is 0 Å². The first-order valence-corrected chi connectivity index (χ1v) is 8.47. The second kappa shape index (κ2) is 6.22. The Morgan fingerprint density at radius 1 is 1.30 bits per heavy atom. The minimum Gasteiger partial charge on any atom is -0.374 e. The summed E-state index contributed by atoms with van der Waals surface area (Å²) in [6.45, 7) is 3.44. The van der Waals surface area contributed by atoms with Crippen molar-refractivity contribution in [1.82, 2.24) is 4.72 Å². The summed E-state index contributed by atoms with van der Waals surface area (Å²) in [5, 5.41) is 0. The topological polar surface area (TPSA) is 81.4 Å². The van der Waals surface area contributed by atoms with Crippen LogP contribution in [-0.4, -0.2) is 27.2 Å². The van der Waals surface area contributed by atoms with Gasteiger partial charge in [0.2, 0.25) is 10.0 Å². The predicted molar refractivity (Wildman–Crippen MR) is 78.6 cm³/mol. The molecular formula is C14H22N2O3S. The summed E-state index contributed by atoms with van der Waals surface area (Å²) in [5.41, 5.74) is 6.90. The number of nitrogens with one attached hydrogen (secondary N) is 1. The van der Waals surface area contributed by atoms with Gasteiger partial charge >= 0.3 is 0 Å². The van der Waals surface area contributed by atoms with Crippen LogP contribution in [0.5, 0.6) is 0 Å². The molecule has 112 valence electrons. The van der Waals surface area contributed by atoms with E-state index in [9.17, 15) is 8.42 Å². The van der Waals surface area contributed by atoms with Crippen LogP contribution in [0.3, 0.4) is 0 Å². The molecule has 1 aliphatic rings. The van der Waals surface area contributed by atoms with Gasteiger partial charge in [0.15, 0.2) is 0 Å². The van der Waals surface area contributed by atoms with E-state index in [0.717, 1.165) is 24.0 Å². The van der Waals surface area contributed by atoms with Gasteiger partial charge in [0.1, 0.15) is 0 Å². The molecule has 3 N–H and O–H groups in total. The van der Waals surface area contributed by atoms with Gasteiger partial charge in [-0.1, -0.05) is 24.3 Å². The lowest BCUT2D eigenvalue weighted by molar-refractivity contribution is 0.0250. The Morgan fingerprint density at radius 2 is 1.95 bits per heavy atom. The van der Waals surface area contributed by atoms with Crippen molar-refractivity contribution in [1.29, 1.82) is 0 Å². The first-order valence-electron chi connectivity index (χ1n) is 6.82. The zero-order valence-electron chi connectivity index (χ0n) is 11.8. The van der Waals surface area contributed by atoms with E-state index in [1.807, 2.05) is 19.1 Å². The molecule has 0 saturated carbocycles. The van der Waals surface area contributed by atoms with Gasteiger partial charge in [-0.3, -0.25) is 0 Å². The summed E-state index contributed by atoms with van der Waals surface area (Å²) in [7, 11) is -3.34. The Bertz CT molecular complexity index is 534. The van der Waals surface area contributed by atoms with Gasteiger partial charge in [0.25, 0.3) is 0 Å². The highest BCUT2D eigenvalue weighted by Crippen LogP contribution is 2.24. The maximum atomic E-state index is 12.1. The maximum absolute atomic E-state index is 12.1. The first-order chi connectivity index (χ1) is 9.42. The maximum Gasteiger partial charge on any atom is 0.215 e. The average Bonchev–Trinajstić information content (AvgIpc) is 2.85. The van der Waals surface area contributed by atoms with E-state index < -0.39 is 10.0 Å². The first kappa shape index (κ1) is 15.4. The Morgan fingerprint density at radius 3 is 2.50 bits per heavy atom. The van der Waals surface area contributed by atoms with Gasteiger partial charge in [0.05, 0.1) is 11.4 Å². The summed E-state index contributed by atoms with van der Waals surface area (Å²) in [6, 6.07) is 7.31. The lowest BCUT2D eigenvalue weighted by Gasteiger charge is -2.23. The molecule has 6 heteroatoms. The van der Waals surface area contributed by atoms with Crippen molar-refractivity contribution in [2.75, 3.05) is 13.2 Å². The highest BCUT2D eigenvalue weighted by molar-refractivity contribution is 7.88. The molecule has 1 aromatic rings. The third-order valence-corrected chi connectivity index (χ3v) is 4.88. The van der Waals surface area contributed by atoms with Crippen molar-refractivity contribution in [2.45, 2.75) is 37.7 Å². The van der Waals surface area contributed by atoms with E-state index in [-0.39, 0.29) is 11.4 Å². The van der Waals surface area contributed by atoms with E-state index >= 15 is 0 Å². The van der Waals surface area contributed by atoms with Gasteiger partial charge in [0, 0.05) is 19.7 Å². The molecule has 0 spiro atoms. The van der Waals surface area contributed by atoms with Crippen LogP contribution in [0, 0.1) is 0 Å². The van der Waals surface area contributed by atoms with Crippen molar-refractivity contribution in [3.63, 3.8) is 0 Å². The molecule has 1 heterocycles. The van der Waals surface area contributed by atoms with Gasteiger partial charge in [-0.25, -0.2) is 13.1 Å². The SMILES string of the molecule is CC1(CNS(=O)(=O)Cc2ccc(CN)cc2)CCCO1. The number of ether oxygens (including phenoxy) is 1. The second-order valence-electron chi connectivity index (χ2n) is 5.50. The quantitative estimate of drug-likeness (QED) is 0.825. The van der Waals surface area contributed by atoms with Crippen LogP contribution in [0.1, 0.15) is 30.9 Å². The van der Waals surface area contributed by atoms with E-state index in [2.05, 4.69) is 4.72 Å². The standard InChI is InChI=1S/C14H22N2O3S/c1-14(7-2-8-19-14)11-16-20(17,18)10-13-5-3-12(9-15)4-6-13/h3-6,16H,2,7-11,15H2,1H3. The lowest BCUT2D eigenvalue weighted by atomic mass is 10.0. The molecule has 0 aromatic heterocycles. The van der Waals surface area contributed by atoms with E-state index in [4.69, 9.17) is 10.5 Å². The molecule has 0 aliphatic carbocycles. The van der Waals surface area contributed by atoms with Crippen LogP contribution in [-0.2, 0) is 27.1 Å². The minimum atomic E-state index is -3.34. The zero-order chi connectivity index (χ0) is 14.6. The molecule has 5 nitrogen and oxygen atoms in total. The van der Waals surface area contributed by atoms with Crippen LogP contribution in [0.2, 0.25) is 0 Å². The van der Waals surface area contributed by atoms with Crippen LogP contribution >= 0.6 is 0 Å². The monoisotopic (exact) mass is 298 g/mol. The van der Waals surface area contributed by atoms with Crippen molar-refractivity contribution >= 4 is 10.0 Å². The average molecular weight is 298 g/mol. The van der Waals surface area contributed by atoms with Crippen molar-refractivity contribution < 1.29 is 13.2 Å². The Labute approximate surface area is 120 Å². The van der Waals surface area contributed by atoms with Crippen molar-refractivity contribution in [3.05, 3.63) is 35.4 Å². The number of hydrogen-bond donors (Lipinski definition) is 2. The van der Waals surface area contributed by atoms with Gasteiger partial charge in [-0.2, -0.15) is 0 Å². The number of rotatable bonds is 6. The molecule has 0 amide bonds. The number of hydrogen-bond acceptors (Lipinski definition) is 4. The van der Waals surface area contributed by atoms with Crippen LogP contribution < -0.4 is 10.5 Å². The summed E-state index contributed by atoms with van der Waals surface area (Å²) < 4.78 is 32.3. The van der Waals surface area contributed by atoms with Crippen LogP contribution in [0.15, 0.2) is 24.3 Å². The lowest BCUT2D eigenvalue weighted by Crippen LogP contribution is -2.40. The molecule has 2 rings (SSSR count). The summed E-state index contributed by atoms with van der Waals surface area (Å²) in [5.74, 6) is -0.0199. The number of nitrogens with two attached hydrogens (primary N) is 1. The highest BCUT2D eigenvalue weighted by Gasteiger charge is 2.31. The minimum absolute atomic E-state index is 0.0199. The van der Waals surface area contributed by atoms with E-state index in [1.165, 1.54) is 0 Å². The van der Waals surface area contributed by atoms with Crippen molar-refractivity contribution in [2.24, 2.45) is 5.73 Å². The second-order valence-corrected chi connectivity index (χ2v) is 7.31. The number of sulfonamides is 1. The van der Waals surface area contributed by atoms with E-state index in [1.54, 1.807) is 12.1 Å². The third-order valence-electron chi connectivity index (χ3n) is 3.58. The molecule has 1 unspecified atom stereocenters. The van der Waals surface area contributed by atoms with Crippen molar-refractivity contribution in [3.8, 4) is 0 Å². The molecule has 1 atom stereocenters. The summed E-state index contributed by atoms with van der Waals surface area (Å²) >= 11 is 0. The molecule has 1 fully saturated rings. The molecule has 0 bridgehead atoms. The fourth-order valence-corrected chi connectivity index (χ4v) is 3.54. The molecule has 20 heavy (non-hydrogen) atoms. The molecule has 0 radical (unpaired) electrons. The normalized spacial score (nSPS) is 23.1. The predicted octanol–water partition coefficient (Wildman–Crippen LogP) is 1.13. The molecule has 1 saturated heterocycles. The Kier molecular flexibility index (Phi) is 4.80. The third kappa shape index (κ3) is 4.28. The zero-order valence-corrected chi connectivity index (χ0v) is 12.6. The Balaban J connectivity index is 1.92. The molecule has 1 aliphatic heterocycles. The van der Waals surface area contributed by atoms with Crippen LogP contribution in [0.4, 0.5) is 0 Å². The van der Waals surface area contributed by atoms with Crippen LogP contribution in [0.25, 0.3) is 0 Å². The highest BCUT2D eigenvalue weighted by atomic mass is 32.2. The fraction of sp³-hybridized carbons (Fsp3) is 0.571. The summed E-state index contributed by atoms with van der Waals surface area (Å²) in [6.07, 6.45) is 1.87.